The molecule has 0 spiro atoms. The molecule has 2 rings (SSSR count). The second kappa shape index (κ2) is 4.70. The molecule has 2 aromatic rings. The molecule has 0 N–H and O–H groups in total. The van der Waals surface area contributed by atoms with Gasteiger partial charge in [-0.1, -0.05) is 6.07 Å². The van der Waals surface area contributed by atoms with Crippen LogP contribution in [0.2, 0.25) is 0 Å². The number of benzene rings is 1. The van der Waals surface area contributed by atoms with E-state index in [2.05, 4.69) is 11.1 Å². The number of halogens is 2. The number of hydrogen-bond acceptors (Lipinski definition) is 2. The molecule has 0 aliphatic rings. The van der Waals surface area contributed by atoms with Crippen molar-refractivity contribution >= 4 is 0 Å². The van der Waals surface area contributed by atoms with Gasteiger partial charge in [0.1, 0.15) is 6.61 Å². The molecular weight excluding hydrogens is 212 g/mol. The molecule has 1 aromatic carbocycles. The van der Waals surface area contributed by atoms with Gasteiger partial charge in [-0.3, -0.25) is 0 Å². The molecule has 0 amide bonds. The topological polar surface area (TPSA) is 22.1 Å². The molecular formula is C12H8F2NO. The quantitative estimate of drug-likeness (QED) is 0.793. The van der Waals surface area contributed by atoms with E-state index in [4.69, 9.17) is 4.74 Å². The highest BCUT2D eigenvalue weighted by atomic mass is 19.2. The molecule has 0 bridgehead atoms. The Morgan fingerprint density at radius 3 is 2.75 bits per heavy atom. The molecule has 0 saturated heterocycles. The summed E-state index contributed by atoms with van der Waals surface area (Å²) >= 11 is 0. The zero-order valence-corrected chi connectivity index (χ0v) is 8.28. The smallest absolute Gasteiger partial charge is 0.213 e. The van der Waals surface area contributed by atoms with Crippen molar-refractivity contribution in [3.63, 3.8) is 0 Å². The van der Waals surface area contributed by atoms with Crippen molar-refractivity contribution in [1.29, 1.82) is 0 Å². The van der Waals surface area contributed by atoms with Crippen LogP contribution in [-0.4, -0.2) is 4.98 Å². The SMILES string of the molecule is Fc1ccc(COc2cc[c]cn2)cc1F. The number of ether oxygens (including phenoxy) is 1. The Kier molecular flexibility index (Phi) is 3.10. The van der Waals surface area contributed by atoms with Gasteiger partial charge in [0.2, 0.25) is 5.88 Å². The summed E-state index contributed by atoms with van der Waals surface area (Å²) < 4.78 is 30.8. The van der Waals surface area contributed by atoms with E-state index < -0.39 is 11.6 Å². The molecule has 0 fully saturated rings. The average molecular weight is 220 g/mol. The van der Waals surface area contributed by atoms with Gasteiger partial charge in [-0.2, -0.15) is 0 Å². The van der Waals surface area contributed by atoms with Gasteiger partial charge in [-0.05, 0) is 23.8 Å². The zero-order chi connectivity index (χ0) is 11.4. The average Bonchev–Trinajstić information content (AvgIpc) is 2.32. The van der Waals surface area contributed by atoms with Crippen LogP contribution in [0, 0.1) is 17.7 Å². The lowest BCUT2D eigenvalue weighted by Gasteiger charge is -2.04. The summed E-state index contributed by atoms with van der Waals surface area (Å²) in [6.45, 7) is 0.147. The monoisotopic (exact) mass is 220 g/mol. The lowest BCUT2D eigenvalue weighted by molar-refractivity contribution is 0.293. The first-order valence-electron chi connectivity index (χ1n) is 4.64. The number of aromatic nitrogens is 1. The molecule has 0 aliphatic heterocycles. The Morgan fingerprint density at radius 1 is 1.19 bits per heavy atom. The second-order valence-electron chi connectivity index (χ2n) is 3.13. The molecule has 0 atom stereocenters. The van der Waals surface area contributed by atoms with E-state index in [9.17, 15) is 8.78 Å². The fourth-order valence-electron chi connectivity index (χ4n) is 1.18. The van der Waals surface area contributed by atoms with Crippen molar-refractivity contribution in [3.05, 3.63) is 59.8 Å². The lowest BCUT2D eigenvalue weighted by atomic mass is 10.2. The van der Waals surface area contributed by atoms with Gasteiger partial charge >= 0.3 is 0 Å². The van der Waals surface area contributed by atoms with Crippen molar-refractivity contribution in [2.75, 3.05) is 0 Å². The predicted molar refractivity (Wildman–Crippen MR) is 53.8 cm³/mol. The van der Waals surface area contributed by atoms with E-state index in [0.29, 0.717) is 11.4 Å². The third-order valence-corrected chi connectivity index (χ3v) is 1.96. The molecule has 4 heteroatoms. The Labute approximate surface area is 91.5 Å². The van der Waals surface area contributed by atoms with Crippen molar-refractivity contribution in [2.45, 2.75) is 6.61 Å². The molecule has 0 aliphatic carbocycles. The highest BCUT2D eigenvalue weighted by Gasteiger charge is 2.03. The van der Waals surface area contributed by atoms with E-state index in [0.717, 1.165) is 12.1 Å². The summed E-state index contributed by atoms with van der Waals surface area (Å²) in [5.74, 6) is -1.32. The molecule has 1 radical (unpaired) electrons. The molecule has 2 nitrogen and oxygen atoms in total. The molecule has 0 unspecified atom stereocenters. The van der Waals surface area contributed by atoms with Gasteiger partial charge in [0, 0.05) is 18.3 Å². The summed E-state index contributed by atoms with van der Waals surface area (Å²) in [4.78, 5) is 3.89. The summed E-state index contributed by atoms with van der Waals surface area (Å²) in [5.41, 5.74) is 0.550. The van der Waals surface area contributed by atoms with Crippen LogP contribution in [0.25, 0.3) is 0 Å². The Hall–Kier alpha value is -1.97. The lowest BCUT2D eigenvalue weighted by Crippen LogP contribution is -1.98. The van der Waals surface area contributed by atoms with Gasteiger partial charge in [-0.15, -0.1) is 0 Å². The van der Waals surface area contributed by atoms with Crippen LogP contribution in [0.1, 0.15) is 5.56 Å². The second-order valence-corrected chi connectivity index (χ2v) is 3.13. The predicted octanol–water partition coefficient (Wildman–Crippen LogP) is 2.74. The van der Waals surface area contributed by atoms with E-state index in [1.807, 2.05) is 0 Å². The normalized spacial score (nSPS) is 10.1. The molecule has 1 heterocycles. The van der Waals surface area contributed by atoms with Gasteiger partial charge in [0.25, 0.3) is 0 Å². The first-order valence-corrected chi connectivity index (χ1v) is 4.64. The van der Waals surface area contributed by atoms with Crippen LogP contribution in [0.15, 0.2) is 36.5 Å². The van der Waals surface area contributed by atoms with Crippen molar-refractivity contribution in [2.24, 2.45) is 0 Å². The molecule has 16 heavy (non-hydrogen) atoms. The van der Waals surface area contributed by atoms with Crippen molar-refractivity contribution in [3.8, 4) is 5.88 Å². The van der Waals surface area contributed by atoms with Crippen LogP contribution in [0.4, 0.5) is 8.78 Å². The summed E-state index contributed by atoms with van der Waals surface area (Å²) in [6.07, 6.45) is 1.47. The van der Waals surface area contributed by atoms with Gasteiger partial charge < -0.3 is 4.74 Å². The van der Waals surface area contributed by atoms with E-state index >= 15 is 0 Å². The molecule has 81 valence electrons. The maximum absolute atomic E-state index is 12.9. The Bertz CT molecular complexity index is 474. The summed E-state index contributed by atoms with van der Waals surface area (Å²) in [5, 5.41) is 0. The molecule has 1 aromatic heterocycles. The molecule has 0 saturated carbocycles. The van der Waals surface area contributed by atoms with Crippen molar-refractivity contribution < 1.29 is 13.5 Å². The Balaban J connectivity index is 2.03. The number of hydrogen-bond donors (Lipinski definition) is 0. The van der Waals surface area contributed by atoms with Crippen LogP contribution >= 0.6 is 0 Å². The minimum atomic E-state index is -0.879. The maximum atomic E-state index is 12.9. The van der Waals surface area contributed by atoms with Crippen LogP contribution in [0.3, 0.4) is 0 Å². The standard InChI is InChI=1S/C12H8F2NO/c13-10-5-4-9(7-11(10)14)8-16-12-3-1-2-6-15-12/h1,3-7H,8H2. The zero-order valence-electron chi connectivity index (χ0n) is 8.28. The Morgan fingerprint density at radius 2 is 2.06 bits per heavy atom. The first-order chi connectivity index (χ1) is 7.75. The van der Waals surface area contributed by atoms with Gasteiger partial charge in [0.15, 0.2) is 11.6 Å². The third kappa shape index (κ3) is 2.53. The number of rotatable bonds is 3. The number of nitrogens with zero attached hydrogens (tertiary/aromatic N) is 1. The van der Waals surface area contributed by atoms with E-state index in [1.54, 1.807) is 12.1 Å². The van der Waals surface area contributed by atoms with E-state index in [1.165, 1.54) is 12.3 Å². The highest BCUT2D eigenvalue weighted by molar-refractivity contribution is 5.18. The minimum Gasteiger partial charge on any atom is -0.473 e. The largest absolute Gasteiger partial charge is 0.473 e. The number of pyridine rings is 1. The first kappa shape index (κ1) is 10.5. The van der Waals surface area contributed by atoms with E-state index in [-0.39, 0.29) is 6.61 Å². The van der Waals surface area contributed by atoms with Crippen LogP contribution < -0.4 is 4.74 Å². The van der Waals surface area contributed by atoms with Crippen LogP contribution in [0.5, 0.6) is 5.88 Å². The van der Waals surface area contributed by atoms with Gasteiger partial charge in [-0.25, -0.2) is 13.8 Å². The highest BCUT2D eigenvalue weighted by Crippen LogP contribution is 2.11. The third-order valence-electron chi connectivity index (χ3n) is 1.96. The fourth-order valence-corrected chi connectivity index (χ4v) is 1.18. The minimum absolute atomic E-state index is 0.147. The maximum Gasteiger partial charge on any atom is 0.213 e. The summed E-state index contributed by atoms with van der Waals surface area (Å²) in [6, 6.07) is 9.68. The van der Waals surface area contributed by atoms with Crippen LogP contribution in [-0.2, 0) is 6.61 Å². The van der Waals surface area contributed by atoms with Crippen molar-refractivity contribution in [1.82, 2.24) is 4.98 Å². The fraction of sp³-hybridized carbons (Fsp3) is 0.0833. The van der Waals surface area contributed by atoms with Gasteiger partial charge in [0.05, 0.1) is 0 Å². The summed E-state index contributed by atoms with van der Waals surface area (Å²) in [7, 11) is 0.